The Bertz CT molecular complexity index is 985. The highest BCUT2D eigenvalue weighted by molar-refractivity contribution is 5.71. The highest BCUT2D eigenvalue weighted by atomic mass is 19.2. The number of halogens is 2. The molecule has 3 rings (SSSR count). The Morgan fingerprint density at radius 1 is 0.931 bits per heavy atom. The zero-order valence-corrected chi connectivity index (χ0v) is 16.0. The summed E-state index contributed by atoms with van der Waals surface area (Å²) in [6.07, 6.45) is 8.12. The molecule has 6 heteroatoms. The molecule has 2 N–H and O–H groups in total. The summed E-state index contributed by atoms with van der Waals surface area (Å²) in [6, 6.07) is 9.74. The Morgan fingerprint density at radius 3 is 2.24 bits per heavy atom. The van der Waals surface area contributed by atoms with Crippen LogP contribution in [0, 0.1) is 11.6 Å². The van der Waals surface area contributed by atoms with Crippen LogP contribution in [0.4, 0.5) is 8.78 Å². The van der Waals surface area contributed by atoms with Gasteiger partial charge in [0.15, 0.2) is 11.6 Å². The fourth-order valence-electron chi connectivity index (χ4n) is 2.97. The molecule has 4 nitrogen and oxygen atoms in total. The van der Waals surface area contributed by atoms with E-state index in [0.717, 1.165) is 12.0 Å². The lowest BCUT2D eigenvalue weighted by Gasteiger charge is -2.08. The fourth-order valence-corrected chi connectivity index (χ4v) is 2.97. The number of aliphatic hydroxyl groups is 1. The zero-order chi connectivity index (χ0) is 20.8. The van der Waals surface area contributed by atoms with Crippen LogP contribution in [-0.4, -0.2) is 26.3 Å². The molecule has 0 aliphatic carbocycles. The van der Waals surface area contributed by atoms with E-state index in [1.807, 2.05) is 0 Å². The molecule has 0 amide bonds. The summed E-state index contributed by atoms with van der Waals surface area (Å²) in [5, 5.41) is 18.4. The summed E-state index contributed by atoms with van der Waals surface area (Å²) >= 11 is 0. The van der Waals surface area contributed by atoms with Gasteiger partial charge in [0.25, 0.3) is 0 Å². The van der Waals surface area contributed by atoms with Crippen molar-refractivity contribution in [2.24, 2.45) is 0 Å². The Labute approximate surface area is 168 Å². The first-order valence-corrected chi connectivity index (χ1v) is 9.40. The predicted molar refractivity (Wildman–Crippen MR) is 109 cm³/mol. The maximum atomic E-state index is 14.6. The van der Waals surface area contributed by atoms with Crippen molar-refractivity contribution in [2.75, 3.05) is 0 Å². The SMILES string of the molecule is CC(O)CCC/C=C/c1ccc(-c2ccc(-c3cnc(O)nc3)cc2)c(F)c1F. The topological polar surface area (TPSA) is 66.2 Å². The lowest BCUT2D eigenvalue weighted by Crippen LogP contribution is -1.97. The van der Waals surface area contributed by atoms with Gasteiger partial charge in [-0.25, -0.2) is 18.7 Å². The summed E-state index contributed by atoms with van der Waals surface area (Å²) < 4.78 is 29.1. The van der Waals surface area contributed by atoms with E-state index in [1.165, 1.54) is 12.4 Å². The molecule has 1 unspecified atom stereocenters. The molecule has 3 aromatic rings. The minimum Gasteiger partial charge on any atom is -0.479 e. The number of hydrogen-bond acceptors (Lipinski definition) is 4. The Balaban J connectivity index is 1.76. The predicted octanol–water partition coefficient (Wildman–Crippen LogP) is 5.36. The number of aromatic nitrogens is 2. The van der Waals surface area contributed by atoms with Gasteiger partial charge in [0.05, 0.1) is 6.10 Å². The molecule has 2 aromatic carbocycles. The van der Waals surface area contributed by atoms with Gasteiger partial charge >= 0.3 is 6.01 Å². The molecule has 1 heterocycles. The second-order valence-corrected chi connectivity index (χ2v) is 6.86. The van der Waals surface area contributed by atoms with Crippen LogP contribution in [0.5, 0.6) is 6.01 Å². The molecule has 0 aliphatic heterocycles. The molecule has 0 spiro atoms. The van der Waals surface area contributed by atoms with E-state index in [2.05, 4.69) is 9.97 Å². The third-order valence-corrected chi connectivity index (χ3v) is 4.57. The zero-order valence-electron chi connectivity index (χ0n) is 16.0. The van der Waals surface area contributed by atoms with E-state index in [-0.39, 0.29) is 23.2 Å². The van der Waals surface area contributed by atoms with Crippen molar-refractivity contribution in [3.63, 3.8) is 0 Å². The number of benzene rings is 2. The van der Waals surface area contributed by atoms with Crippen molar-refractivity contribution >= 4 is 6.08 Å². The van der Waals surface area contributed by atoms with Crippen LogP contribution >= 0.6 is 0 Å². The van der Waals surface area contributed by atoms with Crippen LogP contribution in [0.25, 0.3) is 28.3 Å². The number of allylic oxidation sites excluding steroid dienone is 1. The van der Waals surface area contributed by atoms with Crippen LogP contribution in [0.2, 0.25) is 0 Å². The molecule has 1 atom stereocenters. The summed E-state index contributed by atoms with van der Waals surface area (Å²) in [4.78, 5) is 7.46. The minimum atomic E-state index is -0.892. The highest BCUT2D eigenvalue weighted by Gasteiger charge is 2.13. The van der Waals surface area contributed by atoms with Crippen molar-refractivity contribution in [2.45, 2.75) is 32.3 Å². The van der Waals surface area contributed by atoms with Crippen molar-refractivity contribution in [1.29, 1.82) is 0 Å². The van der Waals surface area contributed by atoms with Gasteiger partial charge in [0, 0.05) is 29.1 Å². The number of rotatable bonds is 7. The molecular weight excluding hydrogens is 374 g/mol. The first-order valence-electron chi connectivity index (χ1n) is 9.40. The maximum Gasteiger partial charge on any atom is 0.313 e. The van der Waals surface area contributed by atoms with E-state index in [4.69, 9.17) is 5.11 Å². The van der Waals surface area contributed by atoms with Crippen molar-refractivity contribution < 1.29 is 19.0 Å². The Kier molecular flexibility index (Phi) is 6.67. The highest BCUT2D eigenvalue weighted by Crippen LogP contribution is 2.29. The van der Waals surface area contributed by atoms with Crippen molar-refractivity contribution in [3.8, 4) is 28.3 Å². The number of nitrogens with zero attached hydrogens (tertiary/aromatic N) is 2. The molecule has 0 aliphatic rings. The molecule has 0 fully saturated rings. The van der Waals surface area contributed by atoms with Gasteiger partial charge in [0.2, 0.25) is 0 Å². The average Bonchev–Trinajstić information content (AvgIpc) is 2.71. The normalized spacial score (nSPS) is 12.4. The van der Waals surface area contributed by atoms with Crippen LogP contribution in [0.15, 0.2) is 54.9 Å². The molecule has 0 bridgehead atoms. The van der Waals surface area contributed by atoms with Crippen molar-refractivity contribution in [3.05, 3.63) is 72.1 Å². The van der Waals surface area contributed by atoms with Crippen LogP contribution < -0.4 is 0 Å². The average molecular weight is 396 g/mol. The molecule has 1 aromatic heterocycles. The van der Waals surface area contributed by atoms with Gasteiger partial charge < -0.3 is 10.2 Å². The number of hydrogen-bond donors (Lipinski definition) is 2. The molecule has 150 valence electrons. The minimum absolute atomic E-state index is 0.183. The number of aliphatic hydroxyl groups excluding tert-OH is 1. The van der Waals surface area contributed by atoms with Crippen LogP contribution in [-0.2, 0) is 0 Å². The first-order chi connectivity index (χ1) is 14.0. The fraction of sp³-hybridized carbons (Fsp3) is 0.217. The van der Waals surface area contributed by atoms with Gasteiger partial charge in [-0.2, -0.15) is 0 Å². The Hall–Kier alpha value is -3.12. The van der Waals surface area contributed by atoms with E-state index < -0.39 is 11.6 Å². The summed E-state index contributed by atoms with van der Waals surface area (Å²) in [5.74, 6) is -1.78. The lowest BCUT2D eigenvalue weighted by molar-refractivity contribution is 0.182. The molecule has 0 saturated heterocycles. The van der Waals surface area contributed by atoms with Gasteiger partial charge in [-0.1, -0.05) is 48.6 Å². The maximum absolute atomic E-state index is 14.6. The summed E-state index contributed by atoms with van der Waals surface area (Å²) in [6.45, 7) is 1.72. The van der Waals surface area contributed by atoms with E-state index >= 15 is 0 Å². The third kappa shape index (κ3) is 5.23. The van der Waals surface area contributed by atoms with Gasteiger partial charge in [-0.05, 0) is 37.3 Å². The van der Waals surface area contributed by atoms with Gasteiger partial charge in [0.1, 0.15) is 0 Å². The standard InChI is InChI=1S/C23H22F2N2O2/c1-15(28)5-3-2-4-6-18-11-12-20(22(25)21(18)24)17-9-7-16(8-10-17)19-13-26-23(29)27-14-19/h4,6-15,28H,2-3,5H2,1H3,(H,26,27,29)/b6-4+. The first kappa shape index (κ1) is 20.6. The van der Waals surface area contributed by atoms with E-state index in [1.54, 1.807) is 55.5 Å². The summed E-state index contributed by atoms with van der Waals surface area (Å²) in [5.41, 5.74) is 2.43. The third-order valence-electron chi connectivity index (χ3n) is 4.57. The lowest BCUT2D eigenvalue weighted by atomic mass is 9.99. The van der Waals surface area contributed by atoms with Crippen LogP contribution in [0.3, 0.4) is 0 Å². The van der Waals surface area contributed by atoms with Gasteiger partial charge in [-0.15, -0.1) is 0 Å². The van der Waals surface area contributed by atoms with Gasteiger partial charge in [-0.3, -0.25) is 0 Å². The van der Waals surface area contributed by atoms with Crippen LogP contribution in [0.1, 0.15) is 31.7 Å². The van der Waals surface area contributed by atoms with E-state index in [9.17, 15) is 13.9 Å². The molecule has 0 radical (unpaired) electrons. The molecular formula is C23H22F2N2O2. The molecule has 0 saturated carbocycles. The summed E-state index contributed by atoms with van der Waals surface area (Å²) in [7, 11) is 0. The quantitative estimate of drug-likeness (QED) is 0.528. The van der Waals surface area contributed by atoms with Crippen molar-refractivity contribution in [1.82, 2.24) is 9.97 Å². The largest absolute Gasteiger partial charge is 0.479 e. The smallest absolute Gasteiger partial charge is 0.313 e. The number of unbranched alkanes of at least 4 members (excludes halogenated alkanes) is 1. The Morgan fingerprint density at radius 2 is 1.59 bits per heavy atom. The number of aromatic hydroxyl groups is 1. The monoisotopic (exact) mass is 396 g/mol. The second-order valence-electron chi connectivity index (χ2n) is 6.86. The molecule has 29 heavy (non-hydrogen) atoms. The van der Waals surface area contributed by atoms with E-state index in [0.29, 0.717) is 24.0 Å². The second kappa shape index (κ2) is 9.39.